The monoisotopic (exact) mass is 551 g/mol. The number of pyridine rings is 1. The lowest BCUT2D eigenvalue weighted by Gasteiger charge is -2.30. The second-order valence-corrected chi connectivity index (χ2v) is 11.1. The van der Waals surface area contributed by atoms with Crippen LogP contribution in [0.5, 0.6) is 0 Å². The van der Waals surface area contributed by atoms with Crippen molar-refractivity contribution in [1.29, 1.82) is 5.26 Å². The molecule has 0 radical (unpaired) electrons. The van der Waals surface area contributed by atoms with E-state index in [-0.39, 0.29) is 62.7 Å². The van der Waals surface area contributed by atoms with Crippen molar-refractivity contribution in [3.63, 3.8) is 0 Å². The first-order valence-electron chi connectivity index (χ1n) is 12.6. The standard InChI is InChI=1S/C27H27F2N7O2S/c1-13(10-37-3)35(2)14-4-5-36(9-14)27-33-7-16-17-11-38-12-18(17)20(22(29)23(16)34-27)24-21-15(6-30)26(31)39-25(21)19(28)8-32-24/h7-8,13-14H,4-5,9-12,31H2,1-3H3/t13?,14-/m0/s1. The van der Waals surface area contributed by atoms with Gasteiger partial charge in [-0.1, -0.05) is 0 Å². The maximum atomic E-state index is 16.5. The van der Waals surface area contributed by atoms with Crippen molar-refractivity contribution in [2.24, 2.45) is 0 Å². The van der Waals surface area contributed by atoms with E-state index in [1.165, 1.54) is 0 Å². The molecule has 5 heterocycles. The first-order valence-corrected chi connectivity index (χ1v) is 13.5. The predicted molar refractivity (Wildman–Crippen MR) is 145 cm³/mol. The van der Waals surface area contributed by atoms with Crippen LogP contribution >= 0.6 is 11.3 Å². The molecule has 6 rings (SSSR count). The molecule has 0 bridgehead atoms. The molecule has 202 valence electrons. The third-order valence-corrected chi connectivity index (χ3v) is 8.88. The quantitative estimate of drug-likeness (QED) is 0.376. The fourth-order valence-corrected chi connectivity index (χ4v) is 6.59. The Labute approximate surface area is 227 Å². The number of nitrogens with two attached hydrogens (primary N) is 1. The number of ether oxygens (including phenoxy) is 2. The molecular formula is C27H27F2N7O2S. The molecule has 9 nitrogen and oxygen atoms in total. The van der Waals surface area contributed by atoms with E-state index < -0.39 is 11.6 Å². The molecule has 2 atom stereocenters. The molecule has 0 aliphatic carbocycles. The number of methoxy groups -OCH3 is 1. The Balaban J connectivity index is 1.48. The van der Waals surface area contributed by atoms with Gasteiger partial charge in [0.2, 0.25) is 5.95 Å². The number of hydrogen-bond donors (Lipinski definition) is 1. The van der Waals surface area contributed by atoms with Gasteiger partial charge in [-0.2, -0.15) is 5.26 Å². The molecule has 0 spiro atoms. The van der Waals surface area contributed by atoms with Crippen LogP contribution in [-0.2, 0) is 22.7 Å². The molecule has 2 aliphatic heterocycles. The van der Waals surface area contributed by atoms with E-state index >= 15 is 4.39 Å². The summed E-state index contributed by atoms with van der Waals surface area (Å²) >= 11 is 0.951. The number of rotatable bonds is 6. The van der Waals surface area contributed by atoms with Crippen LogP contribution < -0.4 is 10.6 Å². The van der Waals surface area contributed by atoms with Gasteiger partial charge in [0.05, 0.1) is 42.0 Å². The van der Waals surface area contributed by atoms with Gasteiger partial charge in [-0.05, 0) is 31.5 Å². The molecule has 1 aromatic carbocycles. The summed E-state index contributed by atoms with van der Waals surface area (Å²) in [5.74, 6) is -0.774. The van der Waals surface area contributed by atoms with Crippen molar-refractivity contribution in [3.8, 4) is 17.3 Å². The number of thiophene rings is 1. The zero-order valence-electron chi connectivity index (χ0n) is 21.8. The average Bonchev–Trinajstić information content (AvgIpc) is 3.68. The van der Waals surface area contributed by atoms with Crippen molar-refractivity contribution in [1.82, 2.24) is 19.9 Å². The summed E-state index contributed by atoms with van der Waals surface area (Å²) in [6.45, 7) is 4.62. The molecule has 1 unspecified atom stereocenters. The van der Waals surface area contributed by atoms with Gasteiger partial charge in [0, 0.05) is 54.8 Å². The van der Waals surface area contributed by atoms with Crippen LogP contribution in [0, 0.1) is 23.0 Å². The smallest absolute Gasteiger partial charge is 0.226 e. The Bertz CT molecular complexity index is 1650. The molecule has 2 aliphatic rings. The predicted octanol–water partition coefficient (Wildman–Crippen LogP) is 4.21. The van der Waals surface area contributed by atoms with Gasteiger partial charge < -0.3 is 20.1 Å². The normalized spacial score (nSPS) is 17.9. The summed E-state index contributed by atoms with van der Waals surface area (Å²) in [7, 11) is 3.77. The Morgan fingerprint density at radius 2 is 2.10 bits per heavy atom. The fourth-order valence-electron chi connectivity index (χ4n) is 5.67. The van der Waals surface area contributed by atoms with E-state index in [1.807, 2.05) is 6.07 Å². The van der Waals surface area contributed by atoms with E-state index in [4.69, 9.17) is 20.2 Å². The highest BCUT2D eigenvalue weighted by Gasteiger charge is 2.32. The first kappa shape index (κ1) is 25.8. The second kappa shape index (κ2) is 9.91. The number of nitriles is 1. The van der Waals surface area contributed by atoms with Crippen molar-refractivity contribution in [2.75, 3.05) is 44.5 Å². The summed E-state index contributed by atoms with van der Waals surface area (Å²) in [6, 6.07) is 2.58. The fraction of sp³-hybridized carbons (Fsp3) is 0.407. The number of nitrogen functional groups attached to an aromatic ring is 1. The average molecular weight is 552 g/mol. The highest BCUT2D eigenvalue weighted by molar-refractivity contribution is 7.23. The van der Waals surface area contributed by atoms with E-state index in [2.05, 4.69) is 33.7 Å². The molecule has 4 aromatic rings. The molecule has 1 saturated heterocycles. The van der Waals surface area contributed by atoms with Crippen molar-refractivity contribution >= 4 is 43.3 Å². The van der Waals surface area contributed by atoms with E-state index in [0.29, 0.717) is 30.0 Å². The van der Waals surface area contributed by atoms with Gasteiger partial charge in [0.1, 0.15) is 16.6 Å². The van der Waals surface area contributed by atoms with Gasteiger partial charge >= 0.3 is 0 Å². The van der Waals surface area contributed by atoms with Gasteiger partial charge in [0.25, 0.3) is 0 Å². The number of anilines is 2. The van der Waals surface area contributed by atoms with Crippen LogP contribution in [-0.4, -0.2) is 65.8 Å². The summed E-state index contributed by atoms with van der Waals surface area (Å²) in [6.07, 6.45) is 3.61. The number of likely N-dealkylation sites (N-methyl/N-ethyl adjacent to an activating group) is 1. The molecule has 39 heavy (non-hydrogen) atoms. The summed E-state index contributed by atoms with van der Waals surface area (Å²) in [5, 5.41) is 10.7. The number of nitrogens with zero attached hydrogens (tertiary/aromatic N) is 6. The van der Waals surface area contributed by atoms with Crippen LogP contribution in [0.25, 0.3) is 32.2 Å². The van der Waals surface area contributed by atoms with Gasteiger partial charge in [-0.25, -0.2) is 18.7 Å². The van der Waals surface area contributed by atoms with Crippen molar-refractivity contribution < 1.29 is 18.3 Å². The summed E-state index contributed by atoms with van der Waals surface area (Å²) < 4.78 is 42.4. The van der Waals surface area contributed by atoms with Gasteiger partial charge in [-0.3, -0.25) is 9.88 Å². The SMILES string of the molecule is COCC(C)N(C)[C@H]1CCN(c2ncc3c4c(c(-c5ncc(F)c6sc(N)c(C#N)c56)c(F)c3n2)COC4)C1. The third-order valence-electron chi connectivity index (χ3n) is 7.86. The lowest BCUT2D eigenvalue weighted by Crippen LogP contribution is -2.42. The van der Waals surface area contributed by atoms with Crippen LogP contribution in [0.3, 0.4) is 0 Å². The summed E-state index contributed by atoms with van der Waals surface area (Å²) in [5.41, 5.74) is 7.94. The number of hydrogen-bond acceptors (Lipinski definition) is 10. The largest absolute Gasteiger partial charge is 0.389 e. The summed E-state index contributed by atoms with van der Waals surface area (Å²) in [4.78, 5) is 17.9. The number of halogens is 2. The maximum absolute atomic E-state index is 16.5. The topological polar surface area (TPSA) is 113 Å². The first-order chi connectivity index (χ1) is 18.8. The number of benzene rings is 1. The Morgan fingerprint density at radius 1 is 1.31 bits per heavy atom. The zero-order valence-corrected chi connectivity index (χ0v) is 22.6. The highest BCUT2D eigenvalue weighted by Crippen LogP contribution is 2.45. The van der Waals surface area contributed by atoms with Crippen LogP contribution in [0.2, 0.25) is 0 Å². The molecule has 12 heteroatoms. The zero-order chi connectivity index (χ0) is 27.4. The molecule has 0 saturated carbocycles. The van der Waals surface area contributed by atoms with E-state index in [0.717, 1.165) is 36.1 Å². The van der Waals surface area contributed by atoms with Gasteiger partial charge in [0.15, 0.2) is 11.6 Å². The minimum Gasteiger partial charge on any atom is -0.389 e. The van der Waals surface area contributed by atoms with Crippen LogP contribution in [0.15, 0.2) is 12.4 Å². The minimum atomic E-state index is -0.612. The molecule has 0 amide bonds. The van der Waals surface area contributed by atoms with E-state index in [9.17, 15) is 9.65 Å². The molecule has 1 fully saturated rings. The van der Waals surface area contributed by atoms with Crippen molar-refractivity contribution in [2.45, 2.75) is 38.6 Å². The van der Waals surface area contributed by atoms with E-state index in [1.54, 1.807) is 13.3 Å². The second-order valence-electron chi connectivity index (χ2n) is 10.0. The van der Waals surface area contributed by atoms with Gasteiger partial charge in [-0.15, -0.1) is 11.3 Å². The Morgan fingerprint density at radius 3 is 2.87 bits per heavy atom. The lowest BCUT2D eigenvalue weighted by atomic mass is 9.94. The number of fused-ring (bicyclic) bond motifs is 4. The van der Waals surface area contributed by atoms with Crippen LogP contribution in [0.1, 0.15) is 30.0 Å². The van der Waals surface area contributed by atoms with Crippen molar-refractivity contribution in [3.05, 3.63) is 40.7 Å². The number of aromatic nitrogens is 3. The Hall–Kier alpha value is -3.50. The Kier molecular flexibility index (Phi) is 6.55. The molecular weight excluding hydrogens is 524 g/mol. The van der Waals surface area contributed by atoms with Crippen LogP contribution in [0.4, 0.5) is 19.7 Å². The molecule has 2 N–H and O–H groups in total. The lowest BCUT2D eigenvalue weighted by molar-refractivity contribution is 0.0946. The maximum Gasteiger partial charge on any atom is 0.226 e. The molecule has 3 aromatic heterocycles. The minimum absolute atomic E-state index is 0.0856. The highest BCUT2D eigenvalue weighted by atomic mass is 32.1. The third kappa shape index (κ3) is 4.08.